The molecule has 28 heavy (non-hydrogen) atoms. The Morgan fingerprint density at radius 2 is 2.04 bits per heavy atom. The summed E-state index contributed by atoms with van der Waals surface area (Å²) in [6.07, 6.45) is 8.38. The van der Waals surface area contributed by atoms with Crippen LogP contribution in [0.1, 0.15) is 35.7 Å². The van der Waals surface area contributed by atoms with Crippen molar-refractivity contribution in [1.29, 1.82) is 0 Å². The van der Waals surface area contributed by atoms with Gasteiger partial charge in [0.25, 0.3) is 0 Å². The van der Waals surface area contributed by atoms with Gasteiger partial charge in [-0.3, -0.25) is 4.79 Å². The third-order valence-electron chi connectivity index (χ3n) is 6.37. The molecule has 1 saturated carbocycles. The fourth-order valence-electron chi connectivity index (χ4n) is 4.70. The topological polar surface area (TPSA) is 88.6 Å². The average molecular weight is 383 g/mol. The second-order valence-electron chi connectivity index (χ2n) is 8.20. The number of aromatic carboxylic acids is 1. The van der Waals surface area contributed by atoms with Gasteiger partial charge < -0.3 is 20.3 Å². The molecule has 0 bridgehead atoms. The largest absolute Gasteiger partial charge is 0.477 e. The van der Waals surface area contributed by atoms with E-state index in [4.69, 9.17) is 5.73 Å². The zero-order valence-electron chi connectivity index (χ0n) is 15.3. The number of carbonyl (C=O) groups is 1. The molecule has 2 aliphatic carbocycles. The Morgan fingerprint density at radius 3 is 2.71 bits per heavy atom. The van der Waals surface area contributed by atoms with Crippen molar-refractivity contribution in [3.8, 4) is 0 Å². The molecule has 146 valence electrons. The van der Waals surface area contributed by atoms with Gasteiger partial charge in [-0.15, -0.1) is 0 Å². The number of hydrogen-bond acceptors (Lipinski definition) is 4. The number of aromatic nitrogens is 1. The third-order valence-corrected chi connectivity index (χ3v) is 6.37. The van der Waals surface area contributed by atoms with Gasteiger partial charge in [-0.25, -0.2) is 9.18 Å². The summed E-state index contributed by atoms with van der Waals surface area (Å²) in [5.74, 6) is -1.18. The molecule has 3 atom stereocenters. The molecule has 0 amide bonds. The smallest absolute Gasteiger partial charge is 0.341 e. The molecule has 7 heteroatoms. The average Bonchev–Trinajstić information content (AvgIpc) is 3.40. The van der Waals surface area contributed by atoms with Crippen LogP contribution in [0.4, 0.5) is 10.1 Å². The Bertz CT molecular complexity index is 1070. The first-order valence-electron chi connectivity index (χ1n) is 9.73. The van der Waals surface area contributed by atoms with Gasteiger partial charge >= 0.3 is 5.97 Å². The van der Waals surface area contributed by atoms with Crippen molar-refractivity contribution in [3.05, 3.63) is 52.1 Å². The molecule has 1 saturated heterocycles. The first-order valence-corrected chi connectivity index (χ1v) is 9.73. The lowest BCUT2D eigenvalue weighted by Gasteiger charge is -2.25. The van der Waals surface area contributed by atoms with Crippen molar-refractivity contribution < 1.29 is 14.3 Å². The molecule has 2 heterocycles. The Labute approximate surface area is 161 Å². The first-order chi connectivity index (χ1) is 13.4. The molecule has 6 nitrogen and oxygen atoms in total. The van der Waals surface area contributed by atoms with Gasteiger partial charge in [0.1, 0.15) is 11.4 Å². The minimum Gasteiger partial charge on any atom is -0.477 e. The summed E-state index contributed by atoms with van der Waals surface area (Å²) in [6, 6.07) is 3.15. The van der Waals surface area contributed by atoms with Crippen LogP contribution in [0.3, 0.4) is 0 Å². The zero-order chi connectivity index (χ0) is 19.6. The summed E-state index contributed by atoms with van der Waals surface area (Å²) < 4.78 is 16.9. The lowest BCUT2D eigenvalue weighted by Crippen LogP contribution is -2.36. The normalized spacial score (nSPS) is 26.6. The Kier molecular flexibility index (Phi) is 3.84. The van der Waals surface area contributed by atoms with Crippen molar-refractivity contribution in [2.45, 2.75) is 31.3 Å². The predicted octanol–water partition coefficient (Wildman–Crippen LogP) is 2.51. The summed E-state index contributed by atoms with van der Waals surface area (Å²) >= 11 is 0. The van der Waals surface area contributed by atoms with Gasteiger partial charge in [-0.05, 0) is 37.3 Å². The standard InChI is InChI=1S/C21H22FN3O3/c22-16-6-13-18(25(12-4-5-12)10-15(20(13)26)21(27)28)7-19(16)24-8-11-2-1-3-17(23)14(11)9-24/h1-2,6-7,10-12,14,17H,3-5,8-9,23H2,(H,27,28). The van der Waals surface area contributed by atoms with Gasteiger partial charge in [0.05, 0.1) is 11.2 Å². The summed E-state index contributed by atoms with van der Waals surface area (Å²) in [5.41, 5.74) is 6.37. The molecule has 3 N–H and O–H groups in total. The van der Waals surface area contributed by atoms with Crippen molar-refractivity contribution in [1.82, 2.24) is 4.57 Å². The number of carboxylic acids is 1. The number of pyridine rings is 1. The van der Waals surface area contributed by atoms with E-state index in [0.717, 1.165) is 19.3 Å². The Balaban J connectivity index is 1.64. The molecule has 0 radical (unpaired) electrons. The minimum atomic E-state index is -1.28. The maximum atomic E-state index is 15.0. The third kappa shape index (κ3) is 2.64. The number of hydrogen-bond donors (Lipinski definition) is 2. The van der Waals surface area contributed by atoms with Crippen molar-refractivity contribution in [3.63, 3.8) is 0 Å². The van der Waals surface area contributed by atoms with Crippen LogP contribution in [-0.4, -0.2) is 34.8 Å². The predicted molar refractivity (Wildman–Crippen MR) is 104 cm³/mol. The van der Waals surface area contributed by atoms with Gasteiger partial charge in [-0.2, -0.15) is 0 Å². The van der Waals surface area contributed by atoms with Crippen LogP contribution in [-0.2, 0) is 0 Å². The monoisotopic (exact) mass is 383 g/mol. The first kappa shape index (κ1) is 17.4. The van der Waals surface area contributed by atoms with Gasteiger partial charge in [0.2, 0.25) is 5.43 Å². The van der Waals surface area contributed by atoms with E-state index in [2.05, 4.69) is 12.2 Å². The fourth-order valence-corrected chi connectivity index (χ4v) is 4.70. The highest BCUT2D eigenvalue weighted by Crippen LogP contribution is 2.40. The van der Waals surface area contributed by atoms with Crippen molar-refractivity contribution in [2.24, 2.45) is 17.6 Å². The lowest BCUT2D eigenvalue weighted by molar-refractivity contribution is 0.0695. The second kappa shape index (κ2) is 6.17. The SMILES string of the molecule is NC1CC=CC2CN(c3cc4c(cc3F)c(=O)c(C(=O)O)cn4C3CC3)CC12. The molecule has 1 aromatic heterocycles. The van der Waals surface area contributed by atoms with E-state index in [-0.39, 0.29) is 23.0 Å². The second-order valence-corrected chi connectivity index (χ2v) is 8.20. The van der Waals surface area contributed by atoms with Gasteiger partial charge in [-0.1, -0.05) is 12.2 Å². The molecular weight excluding hydrogens is 361 g/mol. The van der Waals surface area contributed by atoms with Crippen LogP contribution < -0.4 is 16.1 Å². The Morgan fingerprint density at radius 1 is 1.25 bits per heavy atom. The van der Waals surface area contributed by atoms with E-state index in [1.807, 2.05) is 9.47 Å². The van der Waals surface area contributed by atoms with Crippen LogP contribution in [0.2, 0.25) is 0 Å². The van der Waals surface area contributed by atoms with Crippen molar-refractivity contribution >= 4 is 22.6 Å². The molecule has 5 rings (SSSR count). The number of fused-ring (bicyclic) bond motifs is 2. The van der Waals surface area contributed by atoms with E-state index in [9.17, 15) is 14.7 Å². The molecular formula is C21H22FN3O3. The molecule has 2 aromatic rings. The molecule has 0 spiro atoms. The molecule has 1 aromatic carbocycles. The minimum absolute atomic E-state index is 0.0753. The van der Waals surface area contributed by atoms with E-state index < -0.39 is 17.2 Å². The number of anilines is 1. The highest BCUT2D eigenvalue weighted by atomic mass is 19.1. The van der Waals surface area contributed by atoms with E-state index in [0.29, 0.717) is 36.1 Å². The molecule has 3 aliphatic rings. The van der Waals surface area contributed by atoms with Crippen molar-refractivity contribution in [2.75, 3.05) is 18.0 Å². The van der Waals surface area contributed by atoms with Crippen LogP contribution >= 0.6 is 0 Å². The summed E-state index contributed by atoms with van der Waals surface area (Å²) in [5, 5.41) is 9.48. The lowest BCUT2D eigenvalue weighted by atomic mass is 9.83. The zero-order valence-corrected chi connectivity index (χ0v) is 15.3. The summed E-state index contributed by atoms with van der Waals surface area (Å²) in [4.78, 5) is 26.1. The van der Waals surface area contributed by atoms with E-state index >= 15 is 4.39 Å². The molecule has 1 aliphatic heterocycles. The maximum Gasteiger partial charge on any atom is 0.341 e. The van der Waals surface area contributed by atoms with Crippen LogP contribution in [0, 0.1) is 17.7 Å². The highest BCUT2D eigenvalue weighted by Gasteiger charge is 2.38. The molecule has 3 unspecified atom stereocenters. The highest BCUT2D eigenvalue weighted by molar-refractivity contribution is 5.93. The van der Waals surface area contributed by atoms with Gasteiger partial charge in [0, 0.05) is 42.7 Å². The molecule has 2 fully saturated rings. The van der Waals surface area contributed by atoms with E-state index in [1.165, 1.54) is 12.3 Å². The van der Waals surface area contributed by atoms with Gasteiger partial charge in [0.15, 0.2) is 0 Å². The van der Waals surface area contributed by atoms with E-state index in [1.54, 1.807) is 6.07 Å². The number of nitrogens with zero attached hydrogens (tertiary/aromatic N) is 2. The fraction of sp³-hybridized carbons (Fsp3) is 0.429. The summed E-state index contributed by atoms with van der Waals surface area (Å²) in [7, 11) is 0. The maximum absolute atomic E-state index is 15.0. The van der Waals surface area contributed by atoms with Crippen LogP contribution in [0.5, 0.6) is 0 Å². The number of nitrogens with two attached hydrogens (primary N) is 1. The van der Waals surface area contributed by atoms with Crippen LogP contribution in [0.15, 0.2) is 35.3 Å². The van der Waals surface area contributed by atoms with Crippen LogP contribution in [0.25, 0.3) is 10.9 Å². The number of halogens is 1. The Hall–Kier alpha value is -2.67. The number of rotatable bonds is 3. The quantitative estimate of drug-likeness (QED) is 0.795. The number of benzene rings is 1. The number of carboxylic acid groups (broad SMARTS) is 1. The summed E-state index contributed by atoms with van der Waals surface area (Å²) in [6.45, 7) is 1.37.